The maximum absolute atomic E-state index is 12.7. The average Bonchev–Trinajstić information content (AvgIpc) is 2.90. The molecule has 1 heterocycles. The normalized spacial score (nSPS) is 20.0. The Bertz CT molecular complexity index is 766. The van der Waals surface area contributed by atoms with Crippen LogP contribution >= 0.6 is 23.4 Å². The van der Waals surface area contributed by atoms with E-state index in [9.17, 15) is 4.79 Å². The van der Waals surface area contributed by atoms with Gasteiger partial charge in [0.1, 0.15) is 5.37 Å². The largest absolute Gasteiger partial charge is 0.493 e. The molecule has 25 heavy (non-hydrogen) atoms. The number of rotatable bonds is 5. The van der Waals surface area contributed by atoms with Crippen molar-refractivity contribution in [1.29, 1.82) is 0 Å². The van der Waals surface area contributed by atoms with Crippen molar-refractivity contribution in [3.8, 4) is 11.5 Å². The topological polar surface area (TPSA) is 38.8 Å². The summed E-state index contributed by atoms with van der Waals surface area (Å²) in [4.78, 5) is 14.6. The molecule has 2 aromatic carbocycles. The number of halogens is 1. The van der Waals surface area contributed by atoms with E-state index < -0.39 is 0 Å². The lowest BCUT2D eigenvalue weighted by atomic mass is 10.1. The van der Waals surface area contributed by atoms with E-state index in [0.717, 1.165) is 11.1 Å². The summed E-state index contributed by atoms with van der Waals surface area (Å²) >= 11 is 7.65. The van der Waals surface area contributed by atoms with Gasteiger partial charge in [-0.2, -0.15) is 0 Å². The molecule has 1 fully saturated rings. The first-order chi connectivity index (χ1) is 12.0. The zero-order valence-electron chi connectivity index (χ0n) is 14.4. The first-order valence-electron chi connectivity index (χ1n) is 7.95. The van der Waals surface area contributed by atoms with Gasteiger partial charge in [0.2, 0.25) is 5.91 Å². The summed E-state index contributed by atoms with van der Waals surface area (Å²) in [6.07, 6.45) is 0. The van der Waals surface area contributed by atoms with E-state index in [1.165, 1.54) is 0 Å². The highest BCUT2D eigenvalue weighted by Crippen LogP contribution is 2.44. The standard InChI is InChI=1S/C19H20ClNO3S/c1-12-18(22)21(19(25-12)14-5-7-15(20)8-6-14)11-13-4-9-16(23-2)17(10-13)24-3/h4-10,12,19H,11H2,1-3H3. The summed E-state index contributed by atoms with van der Waals surface area (Å²) < 4.78 is 10.6. The van der Waals surface area contributed by atoms with Gasteiger partial charge in [-0.1, -0.05) is 29.8 Å². The SMILES string of the molecule is COc1ccc(CN2C(=O)C(C)SC2c2ccc(Cl)cc2)cc1OC. The molecule has 1 aliphatic heterocycles. The molecule has 1 saturated heterocycles. The first-order valence-corrected chi connectivity index (χ1v) is 9.28. The number of carbonyl (C=O) groups excluding carboxylic acids is 1. The predicted octanol–water partition coefficient (Wildman–Crippen LogP) is 4.52. The molecular formula is C19H20ClNO3S. The average molecular weight is 378 g/mol. The van der Waals surface area contributed by atoms with Gasteiger partial charge in [-0.15, -0.1) is 11.8 Å². The molecule has 3 rings (SSSR count). The van der Waals surface area contributed by atoms with E-state index in [-0.39, 0.29) is 16.5 Å². The molecule has 0 saturated carbocycles. The van der Waals surface area contributed by atoms with Crippen LogP contribution in [0.5, 0.6) is 11.5 Å². The minimum atomic E-state index is -0.0687. The molecule has 2 unspecified atom stereocenters. The zero-order chi connectivity index (χ0) is 18.0. The fraction of sp³-hybridized carbons (Fsp3) is 0.316. The lowest BCUT2D eigenvalue weighted by molar-refractivity contribution is -0.130. The molecule has 0 aliphatic carbocycles. The second-order valence-corrected chi connectivity index (χ2v) is 7.70. The number of amides is 1. The van der Waals surface area contributed by atoms with Gasteiger partial charge in [-0.05, 0) is 42.3 Å². The third-order valence-corrected chi connectivity index (χ3v) is 5.85. The second-order valence-electron chi connectivity index (χ2n) is 5.84. The fourth-order valence-electron chi connectivity index (χ4n) is 2.90. The second kappa shape index (κ2) is 7.58. The minimum absolute atomic E-state index is 0.0205. The molecule has 6 heteroatoms. The summed E-state index contributed by atoms with van der Waals surface area (Å²) in [5, 5.41) is 0.603. The van der Waals surface area contributed by atoms with Gasteiger partial charge in [-0.25, -0.2) is 0 Å². The summed E-state index contributed by atoms with van der Waals surface area (Å²) in [6.45, 7) is 2.47. The van der Waals surface area contributed by atoms with Crippen molar-refractivity contribution in [2.75, 3.05) is 14.2 Å². The van der Waals surface area contributed by atoms with Gasteiger partial charge < -0.3 is 14.4 Å². The van der Waals surface area contributed by atoms with Crippen LogP contribution < -0.4 is 9.47 Å². The van der Waals surface area contributed by atoms with Gasteiger partial charge in [0.05, 0.1) is 19.5 Å². The number of ether oxygens (including phenoxy) is 2. The molecule has 0 aromatic heterocycles. The van der Waals surface area contributed by atoms with E-state index in [2.05, 4.69) is 0 Å². The van der Waals surface area contributed by atoms with E-state index in [0.29, 0.717) is 23.1 Å². The highest BCUT2D eigenvalue weighted by atomic mass is 35.5. The van der Waals surface area contributed by atoms with Gasteiger partial charge in [0.25, 0.3) is 0 Å². The van der Waals surface area contributed by atoms with Crippen LogP contribution in [-0.2, 0) is 11.3 Å². The number of thioether (sulfide) groups is 1. The van der Waals surface area contributed by atoms with E-state index in [1.807, 2.05) is 54.3 Å². The number of nitrogens with zero attached hydrogens (tertiary/aromatic N) is 1. The highest BCUT2D eigenvalue weighted by molar-refractivity contribution is 8.01. The van der Waals surface area contributed by atoms with Crippen molar-refractivity contribution in [2.24, 2.45) is 0 Å². The molecule has 0 bridgehead atoms. The van der Waals surface area contributed by atoms with E-state index in [4.69, 9.17) is 21.1 Å². The molecule has 0 spiro atoms. The van der Waals surface area contributed by atoms with E-state index in [1.54, 1.807) is 26.0 Å². The van der Waals surface area contributed by atoms with Gasteiger partial charge in [0.15, 0.2) is 11.5 Å². The third-order valence-electron chi connectivity index (χ3n) is 4.20. The number of methoxy groups -OCH3 is 2. The Kier molecular flexibility index (Phi) is 5.45. The Balaban J connectivity index is 1.88. The molecule has 2 atom stereocenters. The quantitative estimate of drug-likeness (QED) is 0.767. The Labute approximate surface area is 157 Å². The zero-order valence-corrected chi connectivity index (χ0v) is 15.9. The van der Waals surface area contributed by atoms with Crippen molar-refractivity contribution in [3.63, 3.8) is 0 Å². The fourth-order valence-corrected chi connectivity index (χ4v) is 4.30. The summed E-state index contributed by atoms with van der Waals surface area (Å²) in [5.74, 6) is 1.48. The summed E-state index contributed by atoms with van der Waals surface area (Å²) in [6, 6.07) is 13.4. The van der Waals surface area contributed by atoms with Crippen LogP contribution in [0.4, 0.5) is 0 Å². The van der Waals surface area contributed by atoms with Crippen molar-refractivity contribution in [2.45, 2.75) is 24.1 Å². The first kappa shape index (κ1) is 18.0. The number of carbonyl (C=O) groups is 1. The van der Waals surface area contributed by atoms with Gasteiger partial charge in [0, 0.05) is 11.6 Å². The molecule has 1 amide bonds. The van der Waals surface area contributed by atoms with Crippen LogP contribution in [0, 0.1) is 0 Å². The van der Waals surface area contributed by atoms with Crippen LogP contribution in [0.25, 0.3) is 0 Å². The Hall–Kier alpha value is -1.85. The smallest absolute Gasteiger partial charge is 0.236 e. The number of benzene rings is 2. The van der Waals surface area contributed by atoms with Crippen LogP contribution in [-0.4, -0.2) is 30.3 Å². The summed E-state index contributed by atoms with van der Waals surface area (Å²) in [7, 11) is 3.22. The van der Waals surface area contributed by atoms with Gasteiger partial charge in [-0.3, -0.25) is 4.79 Å². The molecule has 132 valence electrons. The molecular weight excluding hydrogens is 358 g/mol. The van der Waals surface area contributed by atoms with Crippen LogP contribution in [0.15, 0.2) is 42.5 Å². The molecule has 4 nitrogen and oxygen atoms in total. The number of hydrogen-bond donors (Lipinski definition) is 0. The molecule has 2 aromatic rings. The monoisotopic (exact) mass is 377 g/mol. The number of hydrogen-bond acceptors (Lipinski definition) is 4. The maximum Gasteiger partial charge on any atom is 0.236 e. The van der Waals surface area contributed by atoms with Crippen molar-refractivity contribution in [1.82, 2.24) is 4.90 Å². The maximum atomic E-state index is 12.7. The van der Waals surface area contributed by atoms with Crippen molar-refractivity contribution >= 4 is 29.3 Å². The van der Waals surface area contributed by atoms with Crippen molar-refractivity contribution in [3.05, 3.63) is 58.6 Å². The highest BCUT2D eigenvalue weighted by Gasteiger charge is 2.38. The Morgan fingerprint density at radius 2 is 1.76 bits per heavy atom. The third kappa shape index (κ3) is 3.72. The van der Waals surface area contributed by atoms with Crippen molar-refractivity contribution < 1.29 is 14.3 Å². The lowest BCUT2D eigenvalue weighted by Gasteiger charge is -2.24. The minimum Gasteiger partial charge on any atom is -0.493 e. The molecule has 0 radical (unpaired) electrons. The van der Waals surface area contributed by atoms with Gasteiger partial charge >= 0.3 is 0 Å². The van der Waals surface area contributed by atoms with Crippen LogP contribution in [0.2, 0.25) is 5.02 Å². The summed E-state index contributed by atoms with van der Waals surface area (Å²) in [5.41, 5.74) is 2.08. The Morgan fingerprint density at radius 3 is 2.40 bits per heavy atom. The lowest BCUT2D eigenvalue weighted by Crippen LogP contribution is -2.29. The predicted molar refractivity (Wildman–Crippen MR) is 101 cm³/mol. The Morgan fingerprint density at radius 1 is 1.08 bits per heavy atom. The molecule has 1 aliphatic rings. The van der Waals surface area contributed by atoms with Crippen LogP contribution in [0.1, 0.15) is 23.4 Å². The molecule has 0 N–H and O–H groups in total. The van der Waals surface area contributed by atoms with E-state index >= 15 is 0 Å². The van der Waals surface area contributed by atoms with Crippen LogP contribution in [0.3, 0.4) is 0 Å².